The summed E-state index contributed by atoms with van der Waals surface area (Å²) in [6.45, 7) is 7.23. The predicted molar refractivity (Wildman–Crippen MR) is 99.5 cm³/mol. The van der Waals surface area contributed by atoms with Gasteiger partial charge in [0.1, 0.15) is 0 Å². The van der Waals surface area contributed by atoms with E-state index in [1.807, 2.05) is 48.7 Å². The van der Waals surface area contributed by atoms with Gasteiger partial charge in [-0.1, -0.05) is 19.1 Å². The quantitative estimate of drug-likeness (QED) is 0.887. The van der Waals surface area contributed by atoms with Crippen LogP contribution in [-0.4, -0.2) is 54.7 Å². The van der Waals surface area contributed by atoms with Gasteiger partial charge in [0.05, 0.1) is 18.8 Å². The van der Waals surface area contributed by atoms with Gasteiger partial charge in [-0.25, -0.2) is 0 Å². The minimum atomic E-state index is -0.0549. The number of hydrogen-bond acceptors (Lipinski definition) is 4. The number of carbonyl (C=O) groups is 2. The van der Waals surface area contributed by atoms with Gasteiger partial charge in [0.25, 0.3) is 0 Å². The molecule has 1 aromatic carbocycles. The maximum Gasteiger partial charge on any atom is 0.241 e. The van der Waals surface area contributed by atoms with Crippen LogP contribution in [0, 0.1) is 0 Å². The Hall–Kier alpha value is -1.53. The Labute approximate surface area is 148 Å². The molecular weight excluding hydrogens is 322 g/mol. The van der Waals surface area contributed by atoms with Crippen molar-refractivity contribution in [3.8, 4) is 0 Å². The van der Waals surface area contributed by atoms with E-state index in [9.17, 15) is 9.59 Å². The molecule has 0 unspecified atom stereocenters. The van der Waals surface area contributed by atoms with Crippen LogP contribution in [0.4, 0.5) is 5.69 Å². The summed E-state index contributed by atoms with van der Waals surface area (Å²) in [6.07, 6.45) is 0.961. The Bertz CT molecular complexity index is 591. The Morgan fingerprint density at radius 2 is 2.04 bits per heavy atom. The van der Waals surface area contributed by atoms with Crippen molar-refractivity contribution in [1.29, 1.82) is 0 Å². The first-order chi connectivity index (χ1) is 11.4. The van der Waals surface area contributed by atoms with Gasteiger partial charge in [-0.15, -0.1) is 11.8 Å². The fourth-order valence-corrected chi connectivity index (χ4v) is 3.84. The summed E-state index contributed by atoms with van der Waals surface area (Å²) in [4.78, 5) is 29.4. The summed E-state index contributed by atoms with van der Waals surface area (Å²) in [5.74, 6) is -0.0160. The number of anilines is 1. The summed E-state index contributed by atoms with van der Waals surface area (Å²) in [7, 11) is 1.80. The maximum atomic E-state index is 12.8. The number of carbonyl (C=O) groups excluding carboxylic acids is 2. The lowest BCUT2D eigenvalue weighted by Gasteiger charge is -2.25. The normalized spacial score (nSPS) is 17.6. The molecule has 1 heterocycles. The van der Waals surface area contributed by atoms with E-state index >= 15 is 0 Å². The van der Waals surface area contributed by atoms with E-state index in [2.05, 4.69) is 18.3 Å². The SMILES string of the molecule is CC(C)NC(=O)CN(C)CC(=O)N1CC[C@@H](C)Sc2ccccc21. The lowest BCUT2D eigenvalue weighted by Crippen LogP contribution is -2.44. The Kier molecular flexibility index (Phi) is 6.69. The molecule has 1 aromatic rings. The third kappa shape index (κ3) is 5.24. The molecule has 0 saturated carbocycles. The lowest BCUT2D eigenvalue weighted by atomic mass is 10.2. The molecule has 2 rings (SSSR count). The molecular formula is C18H27N3O2S. The van der Waals surface area contributed by atoms with Gasteiger partial charge in [0, 0.05) is 22.7 Å². The smallest absolute Gasteiger partial charge is 0.241 e. The molecule has 0 spiro atoms. The number of nitrogens with one attached hydrogen (secondary N) is 1. The van der Waals surface area contributed by atoms with Gasteiger partial charge in [-0.05, 0) is 39.4 Å². The van der Waals surface area contributed by atoms with Gasteiger partial charge in [-0.2, -0.15) is 0 Å². The van der Waals surface area contributed by atoms with Crippen LogP contribution < -0.4 is 10.2 Å². The highest BCUT2D eigenvalue weighted by molar-refractivity contribution is 8.00. The third-order valence-electron chi connectivity index (χ3n) is 3.81. The molecule has 1 aliphatic rings. The molecule has 1 N–H and O–H groups in total. The monoisotopic (exact) mass is 349 g/mol. The Morgan fingerprint density at radius 1 is 1.33 bits per heavy atom. The van der Waals surface area contributed by atoms with Crippen LogP contribution >= 0.6 is 11.8 Å². The van der Waals surface area contributed by atoms with E-state index in [4.69, 9.17) is 0 Å². The van der Waals surface area contributed by atoms with Gasteiger partial charge >= 0.3 is 0 Å². The van der Waals surface area contributed by atoms with Gasteiger partial charge in [0.2, 0.25) is 11.8 Å². The van der Waals surface area contributed by atoms with E-state index in [0.29, 0.717) is 5.25 Å². The van der Waals surface area contributed by atoms with Crippen molar-refractivity contribution < 1.29 is 9.59 Å². The summed E-state index contributed by atoms with van der Waals surface area (Å²) in [5.41, 5.74) is 0.983. The van der Waals surface area contributed by atoms with Gasteiger partial charge in [-0.3, -0.25) is 14.5 Å². The number of rotatable bonds is 5. The molecule has 5 nitrogen and oxygen atoms in total. The maximum absolute atomic E-state index is 12.8. The van der Waals surface area contributed by atoms with Crippen molar-refractivity contribution in [3.05, 3.63) is 24.3 Å². The van der Waals surface area contributed by atoms with Crippen molar-refractivity contribution >= 4 is 29.3 Å². The topological polar surface area (TPSA) is 52.7 Å². The lowest BCUT2D eigenvalue weighted by molar-refractivity contribution is -0.123. The highest BCUT2D eigenvalue weighted by Gasteiger charge is 2.25. The number of nitrogens with zero attached hydrogens (tertiary/aromatic N) is 2. The molecule has 0 aromatic heterocycles. The van der Waals surface area contributed by atoms with E-state index in [0.717, 1.165) is 23.5 Å². The molecule has 24 heavy (non-hydrogen) atoms. The number of thioether (sulfide) groups is 1. The van der Waals surface area contributed by atoms with Crippen LogP contribution in [0.15, 0.2) is 29.2 Å². The minimum absolute atomic E-state index is 0.0389. The average molecular weight is 350 g/mol. The first kappa shape index (κ1) is 18.8. The zero-order valence-corrected chi connectivity index (χ0v) is 15.7. The largest absolute Gasteiger partial charge is 0.353 e. The Morgan fingerprint density at radius 3 is 2.75 bits per heavy atom. The van der Waals surface area contributed by atoms with Crippen LogP contribution in [0.25, 0.3) is 0 Å². The van der Waals surface area contributed by atoms with Crippen molar-refractivity contribution in [1.82, 2.24) is 10.2 Å². The molecule has 0 saturated heterocycles. The standard InChI is InChI=1S/C18H27N3O2S/c1-13(2)19-17(22)11-20(4)12-18(23)21-10-9-14(3)24-16-8-6-5-7-15(16)21/h5-8,13-14H,9-12H2,1-4H3,(H,19,22)/t14-/m1/s1. The average Bonchev–Trinajstić information content (AvgIpc) is 2.64. The fraction of sp³-hybridized carbons (Fsp3) is 0.556. The number of fused-ring (bicyclic) bond motifs is 1. The molecule has 2 amide bonds. The molecule has 6 heteroatoms. The van der Waals surface area contributed by atoms with Crippen LogP contribution in [0.1, 0.15) is 27.2 Å². The van der Waals surface area contributed by atoms with Gasteiger partial charge in [0.15, 0.2) is 0 Å². The number of likely N-dealkylation sites (N-methyl/N-ethyl adjacent to an activating group) is 1. The van der Waals surface area contributed by atoms with Crippen LogP contribution in [0.3, 0.4) is 0 Å². The van der Waals surface area contributed by atoms with E-state index in [-0.39, 0.29) is 30.9 Å². The first-order valence-corrected chi connectivity index (χ1v) is 9.28. The van der Waals surface area contributed by atoms with E-state index in [1.54, 1.807) is 11.9 Å². The Balaban J connectivity index is 2.02. The molecule has 0 aliphatic carbocycles. The zero-order valence-electron chi connectivity index (χ0n) is 14.9. The van der Waals surface area contributed by atoms with Crippen LogP contribution in [0.2, 0.25) is 0 Å². The number of amides is 2. The number of benzene rings is 1. The van der Waals surface area contributed by atoms with Crippen molar-refractivity contribution in [2.45, 2.75) is 43.4 Å². The fourth-order valence-electron chi connectivity index (χ4n) is 2.73. The second kappa shape index (κ2) is 8.53. The molecule has 0 bridgehead atoms. The number of para-hydroxylation sites is 1. The second-order valence-corrected chi connectivity index (χ2v) is 8.11. The van der Waals surface area contributed by atoms with Crippen molar-refractivity contribution in [2.75, 3.05) is 31.6 Å². The highest BCUT2D eigenvalue weighted by Crippen LogP contribution is 2.37. The van der Waals surface area contributed by atoms with E-state index < -0.39 is 0 Å². The summed E-state index contributed by atoms with van der Waals surface area (Å²) >= 11 is 1.82. The predicted octanol–water partition coefficient (Wildman–Crippen LogP) is 2.36. The minimum Gasteiger partial charge on any atom is -0.353 e. The van der Waals surface area contributed by atoms with Crippen LogP contribution in [0.5, 0.6) is 0 Å². The summed E-state index contributed by atoms with van der Waals surface area (Å²) in [5, 5.41) is 3.33. The number of hydrogen-bond donors (Lipinski definition) is 1. The zero-order chi connectivity index (χ0) is 17.7. The molecule has 0 fully saturated rings. The molecule has 1 aliphatic heterocycles. The van der Waals surface area contributed by atoms with E-state index in [1.165, 1.54) is 0 Å². The third-order valence-corrected chi connectivity index (χ3v) is 5.05. The van der Waals surface area contributed by atoms with Crippen LogP contribution in [-0.2, 0) is 9.59 Å². The van der Waals surface area contributed by atoms with Crippen molar-refractivity contribution in [2.24, 2.45) is 0 Å². The second-order valence-electron chi connectivity index (χ2n) is 6.62. The first-order valence-electron chi connectivity index (χ1n) is 8.40. The van der Waals surface area contributed by atoms with Gasteiger partial charge < -0.3 is 10.2 Å². The van der Waals surface area contributed by atoms with Crippen molar-refractivity contribution in [3.63, 3.8) is 0 Å². The highest BCUT2D eigenvalue weighted by atomic mass is 32.2. The summed E-state index contributed by atoms with van der Waals surface area (Å²) in [6, 6.07) is 8.16. The molecule has 1 atom stereocenters. The molecule has 0 radical (unpaired) electrons. The summed E-state index contributed by atoms with van der Waals surface area (Å²) < 4.78 is 0. The molecule has 132 valence electrons.